The Morgan fingerprint density at radius 1 is 1.27 bits per heavy atom. The first-order valence-electron chi connectivity index (χ1n) is 3.44. The summed E-state index contributed by atoms with van der Waals surface area (Å²) >= 11 is 0. The molecule has 0 aromatic carbocycles. The number of hydrogen-bond donors (Lipinski definition) is 2. The van der Waals surface area contributed by atoms with E-state index in [1.807, 2.05) is 41.2 Å². The lowest BCUT2D eigenvalue weighted by molar-refractivity contribution is 1.04. The summed E-state index contributed by atoms with van der Waals surface area (Å²) in [5.74, 6) is 1.74. The van der Waals surface area contributed by atoms with Crippen molar-refractivity contribution in [1.29, 1.82) is 0 Å². The zero-order valence-electron chi connectivity index (χ0n) is 5.99. The molecule has 0 saturated heterocycles. The fourth-order valence-electron chi connectivity index (χ4n) is 1.08. The first-order chi connectivity index (χ1) is 5.38. The Bertz CT molecular complexity index is 332. The zero-order chi connectivity index (χ0) is 7.68. The molecule has 2 heterocycles. The Balaban J connectivity index is 2.53. The molecule has 0 fully saturated rings. The number of anilines is 1. The van der Waals surface area contributed by atoms with Crippen LogP contribution in [-0.2, 0) is 0 Å². The van der Waals surface area contributed by atoms with Crippen molar-refractivity contribution in [2.24, 2.45) is 0 Å². The first kappa shape index (κ1) is 6.09. The molecule has 0 radical (unpaired) electrons. The third-order valence-electron chi connectivity index (χ3n) is 1.62. The number of hydrogen-bond acceptors (Lipinski definition) is 1. The largest absolute Gasteiger partial charge is 0.385 e. The second-order valence-electron chi connectivity index (χ2n) is 2.36. The fourth-order valence-corrected chi connectivity index (χ4v) is 1.08. The Kier molecular flexibility index (Phi) is 1.22. The van der Waals surface area contributed by atoms with Gasteiger partial charge in [0, 0.05) is 12.4 Å². The summed E-state index contributed by atoms with van der Waals surface area (Å²) in [6, 6.07) is 7.68. The minimum Gasteiger partial charge on any atom is -0.385 e. The van der Waals surface area contributed by atoms with Gasteiger partial charge in [-0.15, -0.1) is 0 Å². The molecule has 56 valence electrons. The van der Waals surface area contributed by atoms with Crippen molar-refractivity contribution >= 4 is 5.82 Å². The van der Waals surface area contributed by atoms with Gasteiger partial charge in [0.2, 0.25) is 0 Å². The molecule has 0 spiro atoms. The van der Waals surface area contributed by atoms with Gasteiger partial charge in [0.25, 0.3) is 0 Å². The quantitative estimate of drug-likeness (QED) is 0.629. The summed E-state index contributed by atoms with van der Waals surface area (Å²) < 4.78 is 1.89. The SMILES string of the molecule is Nc1cccn1-c1ccc[nH]1. The molecular weight excluding hydrogens is 138 g/mol. The van der Waals surface area contributed by atoms with Gasteiger partial charge in [0.15, 0.2) is 0 Å². The summed E-state index contributed by atoms with van der Waals surface area (Å²) in [6.07, 6.45) is 3.79. The highest BCUT2D eigenvalue weighted by molar-refractivity contribution is 5.39. The van der Waals surface area contributed by atoms with Crippen molar-refractivity contribution in [3.8, 4) is 5.82 Å². The molecule has 0 saturated carbocycles. The monoisotopic (exact) mass is 147 g/mol. The van der Waals surface area contributed by atoms with Crippen LogP contribution in [0.4, 0.5) is 5.82 Å². The van der Waals surface area contributed by atoms with Crippen molar-refractivity contribution in [1.82, 2.24) is 9.55 Å². The van der Waals surface area contributed by atoms with E-state index in [0.717, 1.165) is 11.6 Å². The number of nitrogen functional groups attached to an aromatic ring is 1. The molecule has 0 aliphatic carbocycles. The van der Waals surface area contributed by atoms with Gasteiger partial charge in [-0.1, -0.05) is 0 Å². The number of nitrogens with one attached hydrogen (secondary N) is 1. The van der Waals surface area contributed by atoms with Gasteiger partial charge in [-0.05, 0) is 24.3 Å². The Hall–Kier alpha value is -1.64. The second kappa shape index (κ2) is 2.20. The molecule has 3 N–H and O–H groups in total. The topological polar surface area (TPSA) is 46.7 Å². The summed E-state index contributed by atoms with van der Waals surface area (Å²) in [5.41, 5.74) is 5.67. The van der Waals surface area contributed by atoms with Crippen molar-refractivity contribution in [3.05, 3.63) is 36.7 Å². The number of rotatable bonds is 1. The molecule has 2 aromatic rings. The van der Waals surface area contributed by atoms with E-state index < -0.39 is 0 Å². The highest BCUT2D eigenvalue weighted by atomic mass is 15.1. The maximum atomic E-state index is 5.67. The molecule has 0 atom stereocenters. The zero-order valence-corrected chi connectivity index (χ0v) is 5.99. The molecule has 0 aliphatic rings. The third kappa shape index (κ3) is 0.902. The van der Waals surface area contributed by atoms with Crippen molar-refractivity contribution in [2.45, 2.75) is 0 Å². The normalized spacial score (nSPS) is 10.2. The summed E-state index contributed by atoms with van der Waals surface area (Å²) in [4.78, 5) is 3.06. The molecule has 2 rings (SSSR count). The van der Waals surface area contributed by atoms with E-state index >= 15 is 0 Å². The molecule has 11 heavy (non-hydrogen) atoms. The van der Waals surface area contributed by atoms with E-state index in [4.69, 9.17) is 5.73 Å². The summed E-state index contributed by atoms with van der Waals surface area (Å²) in [6.45, 7) is 0. The Morgan fingerprint density at radius 3 is 2.73 bits per heavy atom. The molecule has 3 heteroatoms. The molecule has 0 amide bonds. The highest BCUT2D eigenvalue weighted by Crippen LogP contribution is 2.10. The maximum absolute atomic E-state index is 5.67. The number of aromatic nitrogens is 2. The van der Waals surface area contributed by atoms with Gasteiger partial charge in [-0.3, -0.25) is 4.57 Å². The van der Waals surface area contributed by atoms with E-state index in [9.17, 15) is 0 Å². The second-order valence-corrected chi connectivity index (χ2v) is 2.36. The van der Waals surface area contributed by atoms with Gasteiger partial charge in [-0.2, -0.15) is 0 Å². The average Bonchev–Trinajstić information content (AvgIpc) is 2.55. The van der Waals surface area contributed by atoms with Gasteiger partial charge in [0.1, 0.15) is 11.6 Å². The minimum absolute atomic E-state index is 0.743. The van der Waals surface area contributed by atoms with Crippen molar-refractivity contribution in [3.63, 3.8) is 0 Å². The van der Waals surface area contributed by atoms with Crippen LogP contribution in [0.3, 0.4) is 0 Å². The molecule has 0 aliphatic heterocycles. The van der Waals surface area contributed by atoms with Gasteiger partial charge < -0.3 is 10.7 Å². The van der Waals surface area contributed by atoms with E-state index in [2.05, 4.69) is 4.98 Å². The standard InChI is InChI=1S/C8H9N3/c9-7-3-2-6-11(7)8-4-1-5-10-8/h1-6,10H,9H2. The molecular formula is C8H9N3. The number of aromatic amines is 1. The van der Waals surface area contributed by atoms with Crippen LogP contribution in [0, 0.1) is 0 Å². The van der Waals surface area contributed by atoms with Gasteiger partial charge in [-0.25, -0.2) is 0 Å². The van der Waals surface area contributed by atoms with Crippen molar-refractivity contribution < 1.29 is 0 Å². The molecule has 0 unspecified atom stereocenters. The van der Waals surface area contributed by atoms with Crippen LogP contribution in [0.1, 0.15) is 0 Å². The van der Waals surface area contributed by atoms with Crippen LogP contribution in [0.25, 0.3) is 5.82 Å². The van der Waals surface area contributed by atoms with E-state index in [-0.39, 0.29) is 0 Å². The number of nitrogens with two attached hydrogens (primary N) is 1. The third-order valence-corrected chi connectivity index (χ3v) is 1.62. The van der Waals surface area contributed by atoms with Crippen LogP contribution >= 0.6 is 0 Å². The van der Waals surface area contributed by atoms with Crippen LogP contribution in [0.2, 0.25) is 0 Å². The van der Waals surface area contributed by atoms with Crippen molar-refractivity contribution in [2.75, 3.05) is 5.73 Å². The average molecular weight is 147 g/mol. The predicted molar refractivity (Wildman–Crippen MR) is 44.5 cm³/mol. The fraction of sp³-hybridized carbons (Fsp3) is 0. The molecule has 2 aromatic heterocycles. The van der Waals surface area contributed by atoms with E-state index in [1.165, 1.54) is 0 Å². The predicted octanol–water partition coefficient (Wildman–Crippen LogP) is 1.39. The minimum atomic E-state index is 0.743. The van der Waals surface area contributed by atoms with Crippen LogP contribution in [0.15, 0.2) is 36.7 Å². The lowest BCUT2D eigenvalue weighted by Gasteiger charge is -2.00. The van der Waals surface area contributed by atoms with Crippen LogP contribution in [-0.4, -0.2) is 9.55 Å². The van der Waals surface area contributed by atoms with Gasteiger partial charge in [0.05, 0.1) is 0 Å². The lowest BCUT2D eigenvalue weighted by atomic mass is 10.6. The maximum Gasteiger partial charge on any atom is 0.115 e. The molecule has 0 bridgehead atoms. The Labute approximate surface area is 64.5 Å². The highest BCUT2D eigenvalue weighted by Gasteiger charge is 1.97. The van der Waals surface area contributed by atoms with Crippen LogP contribution in [0.5, 0.6) is 0 Å². The lowest BCUT2D eigenvalue weighted by Crippen LogP contribution is -1.97. The van der Waals surface area contributed by atoms with E-state index in [0.29, 0.717) is 0 Å². The summed E-state index contributed by atoms with van der Waals surface area (Å²) in [5, 5.41) is 0. The Morgan fingerprint density at radius 2 is 2.18 bits per heavy atom. The smallest absolute Gasteiger partial charge is 0.115 e. The number of nitrogens with zero attached hydrogens (tertiary/aromatic N) is 1. The van der Waals surface area contributed by atoms with Crippen LogP contribution < -0.4 is 5.73 Å². The van der Waals surface area contributed by atoms with Gasteiger partial charge >= 0.3 is 0 Å². The number of H-pyrrole nitrogens is 1. The summed E-state index contributed by atoms with van der Waals surface area (Å²) in [7, 11) is 0. The first-order valence-corrected chi connectivity index (χ1v) is 3.44. The molecule has 3 nitrogen and oxygen atoms in total. The van der Waals surface area contributed by atoms with E-state index in [1.54, 1.807) is 0 Å².